The molecule has 4 heterocycles. The van der Waals surface area contributed by atoms with E-state index in [2.05, 4.69) is 56.5 Å². The molecule has 37 nitrogen and oxygen atoms in total. The molecule has 0 saturated heterocycles. The Kier molecular flexibility index (Phi) is 22.7. The van der Waals surface area contributed by atoms with Gasteiger partial charge in [-0.15, -0.1) is 37.9 Å². The predicted molar refractivity (Wildman–Crippen MR) is 390 cm³/mol. The summed E-state index contributed by atoms with van der Waals surface area (Å²) in [6.45, 7) is -0.0248. The first kappa shape index (κ1) is 77.8. The molecule has 14 rings (SSSR count). The van der Waals surface area contributed by atoms with Crippen molar-refractivity contribution >= 4 is 142 Å². The van der Waals surface area contributed by atoms with E-state index in [4.69, 9.17) is 47.4 Å². The van der Waals surface area contributed by atoms with Gasteiger partial charge in [0, 0.05) is 79.0 Å². The monoisotopic (exact) mass is 1610 g/mol. The Morgan fingerprint density at radius 1 is 0.400 bits per heavy atom. The maximum Gasteiger partial charge on any atom is 0.425 e. The minimum atomic E-state index is -4.96. The first-order chi connectivity index (χ1) is 52.1. The first-order valence-electron chi connectivity index (χ1n) is 31.0. The molecule has 0 unspecified atom stereocenters. The Morgan fingerprint density at radius 2 is 0.827 bits per heavy atom. The fraction of sp³-hybridized carbons (Fsp3) is 0.0746. The highest BCUT2D eigenvalue weighted by atomic mass is 32.2. The Labute approximate surface area is 623 Å². The van der Waals surface area contributed by atoms with E-state index in [-0.39, 0.29) is 112 Å². The van der Waals surface area contributed by atoms with Crippen LogP contribution in [0, 0.1) is 0 Å². The van der Waals surface area contributed by atoms with Crippen molar-refractivity contribution in [2.45, 2.75) is 21.1 Å². The number of aryl methyl sites for hydroxylation is 2. The second kappa shape index (κ2) is 32.0. The van der Waals surface area contributed by atoms with Crippen molar-refractivity contribution in [1.82, 2.24) is 39.0 Å². The summed E-state index contributed by atoms with van der Waals surface area (Å²) in [5.74, 6) is -0.819. The number of anilines is 8. The lowest BCUT2D eigenvalue weighted by Gasteiger charge is -2.24. The summed E-state index contributed by atoms with van der Waals surface area (Å²) in [7, 11) is -20.6. The molecule has 0 aliphatic heterocycles. The maximum atomic E-state index is 14.4. The van der Waals surface area contributed by atoms with E-state index in [1.54, 1.807) is 111 Å². The van der Waals surface area contributed by atoms with Gasteiger partial charge in [0.05, 0.1) is 49.0 Å². The van der Waals surface area contributed by atoms with Gasteiger partial charge in [0.2, 0.25) is 17.8 Å². The molecule has 0 radical (unpaired) electrons. The molecule has 8 N–H and O–H groups in total. The van der Waals surface area contributed by atoms with Gasteiger partial charge >= 0.3 is 43.8 Å². The van der Waals surface area contributed by atoms with Crippen LogP contribution in [0.1, 0.15) is 43.2 Å². The number of hydrogen-bond donors (Lipinski definition) is 8. The number of benzene rings is 8. The minimum Gasteiger partial charge on any atom is -0.424 e. The zero-order chi connectivity index (χ0) is 79.3. The summed E-state index contributed by atoms with van der Waals surface area (Å²) in [6.07, 6.45) is -0.338. The number of ether oxygens (including phenoxy) is 2. The largest absolute Gasteiger partial charge is 0.425 e. The number of para-hydroxylation sites is 1. The van der Waals surface area contributed by atoms with Crippen LogP contribution < -0.4 is 47.2 Å². The molecule has 0 fully saturated rings. The van der Waals surface area contributed by atoms with Gasteiger partial charge in [0.15, 0.2) is 11.6 Å². The van der Waals surface area contributed by atoms with Crippen molar-refractivity contribution in [1.29, 1.82) is 0 Å². The molecule has 43 heteroatoms. The van der Waals surface area contributed by atoms with Gasteiger partial charge in [-0.1, -0.05) is 66.7 Å². The van der Waals surface area contributed by atoms with Crippen LogP contribution in [0.5, 0.6) is 23.5 Å². The fourth-order valence-corrected chi connectivity index (χ4v) is 13.6. The SMILES string of the molecule is Cn1c(=O)cc2c3c(c(Nc4ccc(S(=O)(=O)O)c(Cc5nc(NCCNc6nc(Nc7ccc(S(=O)(=O)O)c(Nc8ccc9c%10c(cc(=O)n9C)-c9ccccc9C(=O)c8%10)c7)nc(Oc7ccc(S(=O)(=O)O)cc7)n6)nc(Oc6ccccc6)n5)c4)ccc31)C(=O)c1ccccc1-2.O=S(=O)=O.O=S(=O)=O.O=S(=O)=O. The molecule has 2 aliphatic carbocycles. The lowest BCUT2D eigenvalue weighted by atomic mass is 9.83. The van der Waals surface area contributed by atoms with Gasteiger partial charge in [0.25, 0.3) is 41.5 Å². The van der Waals surface area contributed by atoms with Crippen LogP contribution in [0.4, 0.5) is 46.3 Å². The second-order valence-electron chi connectivity index (χ2n) is 23.0. The molecule has 0 bridgehead atoms. The van der Waals surface area contributed by atoms with E-state index in [1.807, 2.05) is 0 Å². The van der Waals surface area contributed by atoms with E-state index >= 15 is 0 Å². The van der Waals surface area contributed by atoms with Crippen molar-refractivity contribution in [3.05, 3.63) is 230 Å². The standard InChI is InChI=1S/C67H49N13O15S3.3O3S/c1-79-50-24-22-47(59-57(50)45(33-55(79)81)41-12-6-8-14-43(41)61(59)83)70-36-16-26-52(97(88,89)90)35(30-36)31-54-73-63(76-66(74-54)94-38-10-4-3-5-11-38)68-28-29-69-64-75-65(78-67(77-64)95-39-18-20-40(21-19-39)96(85,86)87)71-37-17-27-53(98(91,92)93)49(32-37)72-48-23-25-51-58-46(34-56(82)80(51)2)42-13-7-9-15-44(42)62(84)60(48)58;3*1-4(2)3/h3-27,30,32-34,70,72H,28-29,31H2,1-2H3,(H,85,86,87)(H,88,89,90)(H,91,92,93)(H,68,73,74,76)(H2,69,71,75,77,78);;;. The van der Waals surface area contributed by atoms with Crippen LogP contribution in [0.3, 0.4) is 0 Å². The van der Waals surface area contributed by atoms with Gasteiger partial charge < -0.3 is 45.2 Å². The van der Waals surface area contributed by atoms with Gasteiger partial charge in [-0.3, -0.25) is 32.8 Å². The number of pyridine rings is 2. The number of nitrogens with zero attached hydrogens (tertiary/aromatic N) is 8. The highest BCUT2D eigenvalue weighted by Gasteiger charge is 2.32. The van der Waals surface area contributed by atoms with Crippen molar-refractivity contribution in [2.24, 2.45) is 14.1 Å². The normalized spacial score (nSPS) is 11.7. The molecule has 110 heavy (non-hydrogen) atoms. The number of carbonyl (C=O) groups excluding carboxylic acids is 2. The summed E-state index contributed by atoms with van der Waals surface area (Å²) < 4.78 is 197. The van der Waals surface area contributed by atoms with Gasteiger partial charge in [-0.05, 0) is 125 Å². The van der Waals surface area contributed by atoms with Crippen molar-refractivity contribution < 1.29 is 95.9 Å². The van der Waals surface area contributed by atoms with Gasteiger partial charge in [0.1, 0.15) is 22.2 Å². The molecule has 0 saturated carbocycles. The van der Waals surface area contributed by atoms with Crippen molar-refractivity contribution in [3.8, 4) is 45.8 Å². The van der Waals surface area contributed by atoms with Crippen LogP contribution in [0.25, 0.3) is 44.1 Å². The fourth-order valence-electron chi connectivity index (χ4n) is 11.8. The molecule has 2 aliphatic rings. The topological polar surface area (TPSA) is 551 Å². The third-order valence-electron chi connectivity index (χ3n) is 16.2. The van der Waals surface area contributed by atoms with Crippen LogP contribution in [-0.2, 0) is 82.7 Å². The minimum absolute atomic E-state index is 0.00638. The van der Waals surface area contributed by atoms with E-state index in [9.17, 15) is 58.1 Å². The molecule has 562 valence electrons. The average molecular weight is 1610 g/mol. The lowest BCUT2D eigenvalue weighted by Crippen LogP contribution is -2.21. The number of carbonyl (C=O) groups is 2. The summed E-state index contributed by atoms with van der Waals surface area (Å²) in [5, 5.41) is 16.4. The Bertz CT molecular complexity index is 6610. The van der Waals surface area contributed by atoms with Crippen LogP contribution in [0.15, 0.2) is 200 Å². The summed E-state index contributed by atoms with van der Waals surface area (Å²) >= 11 is 0. The molecule has 0 atom stereocenters. The molecule has 4 aromatic heterocycles. The number of fused-ring (bicyclic) bond motifs is 4. The number of rotatable bonds is 20. The van der Waals surface area contributed by atoms with Crippen molar-refractivity contribution in [3.63, 3.8) is 0 Å². The first-order valence-corrected chi connectivity index (χ1v) is 38.3. The molecule has 0 amide bonds. The molecule has 12 aromatic rings. The second-order valence-corrected chi connectivity index (χ2v) is 28.4. The van der Waals surface area contributed by atoms with Crippen LogP contribution in [-0.4, -0.2) is 140 Å². The van der Waals surface area contributed by atoms with Crippen LogP contribution >= 0.6 is 0 Å². The summed E-state index contributed by atoms with van der Waals surface area (Å²) in [5.41, 5.74) is 4.38. The average Bonchev–Trinajstić information content (AvgIpc) is 0.726. The van der Waals surface area contributed by atoms with E-state index in [1.165, 1.54) is 69.8 Å². The smallest absolute Gasteiger partial charge is 0.424 e. The summed E-state index contributed by atoms with van der Waals surface area (Å²) in [4.78, 5) is 80.5. The number of hydrogen-bond acceptors (Lipinski definition) is 32. The predicted octanol–water partition coefficient (Wildman–Crippen LogP) is 6.84. The zero-order valence-electron chi connectivity index (χ0n) is 55.8. The number of aromatic nitrogens is 8. The Morgan fingerprint density at radius 3 is 1.32 bits per heavy atom. The molecular formula is C67H49N13O24S6. The highest BCUT2D eigenvalue weighted by Crippen LogP contribution is 2.45. The molecule has 0 spiro atoms. The summed E-state index contributed by atoms with van der Waals surface area (Å²) in [6, 6.07) is 43.4. The van der Waals surface area contributed by atoms with E-state index in [0.717, 1.165) is 18.2 Å². The van der Waals surface area contributed by atoms with Gasteiger partial charge in [-0.2, -0.15) is 55.2 Å². The zero-order valence-corrected chi connectivity index (χ0v) is 60.7. The lowest BCUT2D eigenvalue weighted by molar-refractivity contribution is 0.103. The Hall–Kier alpha value is -13.3. The maximum absolute atomic E-state index is 14.4. The van der Waals surface area contributed by atoms with E-state index < -0.39 is 82.7 Å². The van der Waals surface area contributed by atoms with Crippen molar-refractivity contribution in [2.75, 3.05) is 39.7 Å². The highest BCUT2D eigenvalue weighted by molar-refractivity contribution is 7.86. The molecule has 8 aromatic carbocycles. The number of nitrogens with one attached hydrogen (secondary N) is 5. The van der Waals surface area contributed by atoms with Gasteiger partial charge in [-0.25, -0.2) is 0 Å². The van der Waals surface area contributed by atoms with E-state index in [0.29, 0.717) is 72.3 Å². The Balaban J connectivity index is 0.000000933. The number of ketones is 2. The third-order valence-corrected chi connectivity index (χ3v) is 18.9. The molecular weight excluding hydrogens is 1560 g/mol. The quantitative estimate of drug-likeness (QED) is 0.0286. The van der Waals surface area contributed by atoms with Crippen LogP contribution in [0.2, 0.25) is 0 Å². The third kappa shape index (κ3) is 17.9.